The predicted molar refractivity (Wildman–Crippen MR) is 77.3 cm³/mol. The molecule has 0 radical (unpaired) electrons. The minimum Gasteiger partial charge on any atom is -0.381 e. The lowest BCUT2D eigenvalue weighted by Gasteiger charge is -2.27. The van der Waals surface area contributed by atoms with Gasteiger partial charge in [-0.1, -0.05) is 32.0 Å². The van der Waals surface area contributed by atoms with Crippen molar-refractivity contribution in [2.24, 2.45) is 5.92 Å². The standard InChI is InChI=1S/C16H23ClO/c1-3-12-7-8-14(10-13(12)4-2)16(17)15-6-5-9-18-11-15/h7-8,10,15-16H,3-6,9,11H2,1-2H3. The van der Waals surface area contributed by atoms with Gasteiger partial charge in [-0.15, -0.1) is 11.6 Å². The number of rotatable bonds is 4. The van der Waals surface area contributed by atoms with Crippen LogP contribution in [-0.4, -0.2) is 13.2 Å². The summed E-state index contributed by atoms with van der Waals surface area (Å²) < 4.78 is 5.54. The fraction of sp³-hybridized carbons (Fsp3) is 0.625. The Balaban J connectivity index is 2.16. The maximum absolute atomic E-state index is 6.63. The molecule has 1 aliphatic rings. The first-order chi connectivity index (χ1) is 8.76. The number of halogens is 1. The lowest BCUT2D eigenvalue weighted by atomic mass is 9.91. The third-order valence-electron chi connectivity index (χ3n) is 3.92. The van der Waals surface area contributed by atoms with E-state index in [1.165, 1.54) is 23.1 Å². The number of alkyl halides is 1. The van der Waals surface area contributed by atoms with Crippen molar-refractivity contribution in [2.75, 3.05) is 13.2 Å². The molecule has 1 aliphatic heterocycles. The number of hydrogen-bond donors (Lipinski definition) is 0. The Labute approximate surface area is 115 Å². The third-order valence-corrected chi connectivity index (χ3v) is 4.53. The van der Waals surface area contributed by atoms with Crippen LogP contribution >= 0.6 is 11.6 Å². The fourth-order valence-electron chi connectivity index (χ4n) is 2.76. The van der Waals surface area contributed by atoms with Crippen molar-refractivity contribution < 1.29 is 4.74 Å². The summed E-state index contributed by atoms with van der Waals surface area (Å²) in [4.78, 5) is 0. The van der Waals surface area contributed by atoms with Gasteiger partial charge in [0.15, 0.2) is 0 Å². The number of ether oxygens (including phenoxy) is 1. The van der Waals surface area contributed by atoms with Crippen molar-refractivity contribution in [1.29, 1.82) is 0 Å². The maximum atomic E-state index is 6.63. The van der Waals surface area contributed by atoms with E-state index in [2.05, 4.69) is 32.0 Å². The Bertz CT molecular complexity index is 383. The van der Waals surface area contributed by atoms with E-state index in [0.717, 1.165) is 32.5 Å². The van der Waals surface area contributed by atoms with Crippen LogP contribution in [0.3, 0.4) is 0 Å². The van der Waals surface area contributed by atoms with Crippen LogP contribution in [0, 0.1) is 5.92 Å². The van der Waals surface area contributed by atoms with Crippen LogP contribution in [0.1, 0.15) is 48.8 Å². The molecule has 2 atom stereocenters. The third kappa shape index (κ3) is 3.07. The molecule has 2 rings (SSSR count). The summed E-state index contributed by atoms with van der Waals surface area (Å²) in [6.07, 6.45) is 4.51. The van der Waals surface area contributed by atoms with Gasteiger partial charge >= 0.3 is 0 Å². The van der Waals surface area contributed by atoms with Gasteiger partial charge in [0.25, 0.3) is 0 Å². The van der Waals surface area contributed by atoms with Gasteiger partial charge in [-0.2, -0.15) is 0 Å². The SMILES string of the molecule is CCc1ccc(C(Cl)C2CCCOC2)cc1CC. The summed E-state index contributed by atoms with van der Waals surface area (Å²) in [7, 11) is 0. The summed E-state index contributed by atoms with van der Waals surface area (Å²) in [6.45, 7) is 6.13. The van der Waals surface area contributed by atoms with E-state index < -0.39 is 0 Å². The van der Waals surface area contributed by atoms with Gasteiger partial charge in [0.2, 0.25) is 0 Å². The molecule has 0 bridgehead atoms. The highest BCUT2D eigenvalue weighted by molar-refractivity contribution is 6.21. The molecule has 0 saturated carbocycles. The van der Waals surface area contributed by atoms with Crippen molar-refractivity contribution in [3.8, 4) is 0 Å². The molecule has 1 nitrogen and oxygen atoms in total. The molecule has 0 aliphatic carbocycles. The molecule has 1 fully saturated rings. The highest BCUT2D eigenvalue weighted by Crippen LogP contribution is 2.35. The van der Waals surface area contributed by atoms with E-state index in [1.54, 1.807) is 0 Å². The Morgan fingerprint density at radius 2 is 2.06 bits per heavy atom. The van der Waals surface area contributed by atoms with Crippen LogP contribution in [-0.2, 0) is 17.6 Å². The zero-order chi connectivity index (χ0) is 13.0. The van der Waals surface area contributed by atoms with Gasteiger partial charge in [0.1, 0.15) is 0 Å². The zero-order valence-corrected chi connectivity index (χ0v) is 12.2. The van der Waals surface area contributed by atoms with Crippen LogP contribution in [0.2, 0.25) is 0 Å². The van der Waals surface area contributed by atoms with E-state index >= 15 is 0 Å². The Hall–Kier alpha value is -0.530. The number of aryl methyl sites for hydroxylation is 2. The van der Waals surface area contributed by atoms with Gasteiger partial charge in [-0.05, 0) is 42.4 Å². The fourth-order valence-corrected chi connectivity index (χ4v) is 3.09. The average molecular weight is 267 g/mol. The van der Waals surface area contributed by atoms with Crippen LogP contribution in [0.5, 0.6) is 0 Å². The van der Waals surface area contributed by atoms with Gasteiger partial charge in [0.05, 0.1) is 12.0 Å². The van der Waals surface area contributed by atoms with Gasteiger partial charge in [-0.25, -0.2) is 0 Å². The topological polar surface area (TPSA) is 9.23 Å². The molecule has 2 unspecified atom stereocenters. The smallest absolute Gasteiger partial charge is 0.0635 e. The van der Waals surface area contributed by atoms with Crippen LogP contribution in [0.15, 0.2) is 18.2 Å². The average Bonchev–Trinajstić information content (AvgIpc) is 2.46. The van der Waals surface area contributed by atoms with Crippen molar-refractivity contribution in [3.05, 3.63) is 34.9 Å². The highest BCUT2D eigenvalue weighted by Gasteiger charge is 2.24. The molecule has 0 aromatic heterocycles. The Kier molecular flexibility index (Phi) is 5.08. The first-order valence-electron chi connectivity index (χ1n) is 7.09. The van der Waals surface area contributed by atoms with E-state index in [1.807, 2.05) is 0 Å². The van der Waals surface area contributed by atoms with E-state index in [-0.39, 0.29) is 5.38 Å². The van der Waals surface area contributed by atoms with Crippen molar-refractivity contribution in [1.82, 2.24) is 0 Å². The predicted octanol–water partition coefficient (Wildman–Crippen LogP) is 4.52. The molecule has 100 valence electrons. The zero-order valence-electron chi connectivity index (χ0n) is 11.4. The number of hydrogen-bond acceptors (Lipinski definition) is 1. The minimum atomic E-state index is 0.0986. The molecule has 1 heterocycles. The van der Waals surface area contributed by atoms with Gasteiger partial charge < -0.3 is 4.74 Å². The molecule has 18 heavy (non-hydrogen) atoms. The van der Waals surface area contributed by atoms with E-state index in [4.69, 9.17) is 16.3 Å². The Morgan fingerprint density at radius 1 is 1.28 bits per heavy atom. The molecule has 0 amide bonds. The monoisotopic (exact) mass is 266 g/mol. The maximum Gasteiger partial charge on any atom is 0.0635 e. The van der Waals surface area contributed by atoms with E-state index in [0.29, 0.717) is 5.92 Å². The van der Waals surface area contributed by atoms with Crippen molar-refractivity contribution in [3.63, 3.8) is 0 Å². The molecular formula is C16H23ClO. The van der Waals surface area contributed by atoms with Gasteiger partial charge in [0, 0.05) is 12.5 Å². The Morgan fingerprint density at radius 3 is 2.67 bits per heavy atom. The summed E-state index contributed by atoms with van der Waals surface area (Å²) in [5.41, 5.74) is 4.16. The quantitative estimate of drug-likeness (QED) is 0.728. The lowest BCUT2D eigenvalue weighted by Crippen LogP contribution is -2.21. The second-order valence-electron chi connectivity index (χ2n) is 5.11. The molecule has 0 spiro atoms. The molecule has 2 heteroatoms. The molecule has 0 N–H and O–H groups in total. The summed E-state index contributed by atoms with van der Waals surface area (Å²) >= 11 is 6.63. The lowest BCUT2D eigenvalue weighted by molar-refractivity contribution is 0.0531. The first kappa shape index (κ1) is 13.9. The van der Waals surface area contributed by atoms with Crippen LogP contribution in [0.4, 0.5) is 0 Å². The van der Waals surface area contributed by atoms with Crippen molar-refractivity contribution in [2.45, 2.75) is 44.9 Å². The molecular weight excluding hydrogens is 244 g/mol. The number of benzene rings is 1. The second-order valence-corrected chi connectivity index (χ2v) is 5.58. The van der Waals surface area contributed by atoms with Gasteiger partial charge in [-0.3, -0.25) is 0 Å². The summed E-state index contributed by atoms with van der Waals surface area (Å²) in [6, 6.07) is 6.74. The summed E-state index contributed by atoms with van der Waals surface area (Å²) in [5, 5.41) is 0.0986. The summed E-state index contributed by atoms with van der Waals surface area (Å²) in [5.74, 6) is 0.470. The molecule has 1 aromatic rings. The van der Waals surface area contributed by atoms with Crippen LogP contribution < -0.4 is 0 Å². The first-order valence-corrected chi connectivity index (χ1v) is 7.53. The largest absolute Gasteiger partial charge is 0.381 e. The second kappa shape index (κ2) is 6.58. The molecule has 1 aromatic carbocycles. The highest BCUT2D eigenvalue weighted by atomic mass is 35.5. The minimum absolute atomic E-state index is 0.0986. The van der Waals surface area contributed by atoms with Crippen molar-refractivity contribution >= 4 is 11.6 Å². The molecule has 1 saturated heterocycles. The normalized spacial score (nSPS) is 21.8. The van der Waals surface area contributed by atoms with E-state index in [9.17, 15) is 0 Å². The van der Waals surface area contributed by atoms with Crippen LogP contribution in [0.25, 0.3) is 0 Å².